The van der Waals surface area contributed by atoms with Crippen molar-refractivity contribution in [2.45, 2.75) is 0 Å². The Kier molecular flexibility index (Phi) is 33.7. The summed E-state index contributed by atoms with van der Waals surface area (Å²) in [5.41, 5.74) is 0. The summed E-state index contributed by atoms with van der Waals surface area (Å²) in [6.07, 6.45) is 0. The van der Waals surface area contributed by atoms with Gasteiger partial charge in [-0.3, -0.25) is 0 Å². The maximum Gasteiger partial charge on any atom is 0.414 e. The molecule has 0 saturated carbocycles. The number of hydrogen-bond acceptors (Lipinski definition) is 2. The largest absolute Gasteiger partial charge is 0.473 e. The van der Waals surface area contributed by atoms with Crippen LogP contribution in [-0.2, 0) is 9.59 Å². The maximum atomic E-state index is 9.10. The van der Waals surface area contributed by atoms with Crippen molar-refractivity contribution in [3.05, 3.63) is 0 Å². The van der Waals surface area contributed by atoms with Crippen LogP contribution in [0, 0.1) is 116 Å². The van der Waals surface area contributed by atoms with Crippen molar-refractivity contribution in [3.8, 4) is 0 Å². The van der Waals surface area contributed by atoms with E-state index in [4.69, 9.17) is 19.8 Å². The first-order valence-corrected chi connectivity index (χ1v) is 1.11. The van der Waals surface area contributed by atoms with E-state index >= 15 is 0 Å². The normalized spacial score (nSPS) is 4.89. The Morgan fingerprint density at radius 3 is 1.11 bits per heavy atom. The van der Waals surface area contributed by atoms with Gasteiger partial charge in [-0.25, -0.2) is 9.59 Å². The zero-order chi connectivity index (χ0) is 5.15. The van der Waals surface area contributed by atoms with Crippen LogP contribution in [0.5, 0.6) is 0 Å². The number of hydrogen-bond donors (Lipinski definition) is 2. The molecule has 0 aromatic rings. The van der Waals surface area contributed by atoms with Gasteiger partial charge in [0.15, 0.2) is 0 Å². The van der Waals surface area contributed by atoms with E-state index in [9.17, 15) is 0 Å². The SMILES string of the molecule is O=C(O)C(=O)O.[Ce].[La].[Tb]. The van der Waals surface area contributed by atoms with E-state index in [1.165, 1.54) is 0 Å². The summed E-state index contributed by atoms with van der Waals surface area (Å²) in [6.45, 7) is 0. The van der Waals surface area contributed by atoms with Crippen LogP contribution in [0.25, 0.3) is 0 Å². The molecule has 0 spiro atoms. The molecule has 2 N–H and O–H groups in total. The molecule has 0 atom stereocenters. The van der Waals surface area contributed by atoms with Gasteiger partial charge in [0.1, 0.15) is 0 Å². The third-order valence-corrected chi connectivity index (χ3v) is 0.183. The van der Waals surface area contributed by atoms with Crippen LogP contribution >= 0.6 is 0 Å². The van der Waals surface area contributed by atoms with Gasteiger partial charge in [-0.05, 0) is 0 Å². The first kappa shape index (κ1) is 22.6. The molecule has 0 rings (SSSR count). The second-order valence-corrected chi connectivity index (χ2v) is 0.610. The van der Waals surface area contributed by atoms with Gasteiger partial charge >= 0.3 is 11.9 Å². The van der Waals surface area contributed by atoms with Crippen LogP contribution in [-0.4, -0.2) is 22.2 Å². The molecule has 9 heavy (non-hydrogen) atoms. The summed E-state index contributed by atoms with van der Waals surface area (Å²) < 4.78 is 0. The molecule has 0 aromatic heterocycles. The van der Waals surface area contributed by atoms with E-state index in [2.05, 4.69) is 0 Å². The molecule has 0 heterocycles. The van der Waals surface area contributed by atoms with Crippen LogP contribution in [0.3, 0.4) is 0 Å². The fourth-order valence-corrected chi connectivity index (χ4v) is 0. The van der Waals surface area contributed by atoms with Gasteiger partial charge in [0.05, 0.1) is 0 Å². The molecule has 0 fully saturated rings. The van der Waals surface area contributed by atoms with Crippen LogP contribution in [0.4, 0.5) is 0 Å². The summed E-state index contributed by atoms with van der Waals surface area (Å²) in [4.78, 5) is 18.2. The van der Waals surface area contributed by atoms with Crippen LogP contribution in [0.2, 0.25) is 0 Å². The minimum atomic E-state index is -1.82. The Balaban J connectivity index is -0.0000000417. The molecule has 50 valence electrons. The number of aliphatic carboxylic acids is 2. The van der Waals surface area contributed by atoms with E-state index in [1.807, 2.05) is 0 Å². The summed E-state index contributed by atoms with van der Waals surface area (Å²) >= 11 is 0. The minimum Gasteiger partial charge on any atom is -0.473 e. The van der Waals surface area contributed by atoms with Crippen molar-refractivity contribution in [1.82, 2.24) is 0 Å². The second-order valence-electron chi connectivity index (χ2n) is 0.610. The molecule has 4 nitrogen and oxygen atoms in total. The van der Waals surface area contributed by atoms with E-state index in [0.717, 1.165) is 0 Å². The summed E-state index contributed by atoms with van der Waals surface area (Å²) in [7, 11) is 0. The van der Waals surface area contributed by atoms with Crippen LogP contribution in [0.15, 0.2) is 0 Å². The zero-order valence-corrected chi connectivity index (χ0v) is 13.0. The Morgan fingerprint density at radius 2 is 1.11 bits per heavy atom. The third kappa shape index (κ3) is 18.1. The van der Waals surface area contributed by atoms with Gasteiger partial charge in [0.2, 0.25) is 0 Å². The molecule has 0 aliphatic heterocycles. The molecule has 0 aliphatic rings. The standard InChI is InChI=1S/C2H2O4.Ce.La.Tb/c3-1(4)2(5)6;;;/h(H,3,4)(H,5,6);;;. The molecule has 0 unspecified atom stereocenters. The third-order valence-electron chi connectivity index (χ3n) is 0.183. The molecule has 0 saturated heterocycles. The summed E-state index contributed by atoms with van der Waals surface area (Å²) in [6, 6.07) is 0. The van der Waals surface area contributed by atoms with Gasteiger partial charge in [-0.2, -0.15) is 0 Å². The first-order valence-electron chi connectivity index (χ1n) is 1.11. The van der Waals surface area contributed by atoms with E-state index in [-0.39, 0.29) is 116 Å². The quantitative estimate of drug-likeness (QED) is 0.403. The smallest absolute Gasteiger partial charge is 0.414 e. The van der Waals surface area contributed by atoms with Crippen molar-refractivity contribution >= 4 is 11.9 Å². The number of rotatable bonds is 0. The second kappa shape index (κ2) is 13.4. The van der Waals surface area contributed by atoms with Crippen molar-refractivity contribution in [1.29, 1.82) is 0 Å². The van der Waals surface area contributed by atoms with Gasteiger partial charge in [-0.1, -0.05) is 0 Å². The van der Waals surface area contributed by atoms with Crippen molar-refractivity contribution in [2.24, 2.45) is 0 Å². The average Bonchev–Trinajstić information content (AvgIpc) is 1.36. The molecule has 0 aromatic carbocycles. The Morgan fingerprint density at radius 1 is 1.00 bits per heavy atom. The van der Waals surface area contributed by atoms with Crippen LogP contribution < -0.4 is 0 Å². The zero-order valence-electron chi connectivity index (χ0n) is 4.12. The molecule has 0 bridgehead atoms. The monoisotopic (exact) mass is 528 g/mol. The molecule has 7 heteroatoms. The molecule has 0 amide bonds. The fourth-order valence-electron chi connectivity index (χ4n) is 0. The van der Waals surface area contributed by atoms with E-state index in [1.54, 1.807) is 0 Å². The topological polar surface area (TPSA) is 74.6 Å². The molecule has 0 aliphatic carbocycles. The minimum absolute atomic E-state index is 0. The van der Waals surface area contributed by atoms with Gasteiger partial charge < -0.3 is 10.2 Å². The number of carbonyl (C=O) groups is 2. The van der Waals surface area contributed by atoms with E-state index < -0.39 is 11.9 Å². The van der Waals surface area contributed by atoms with Gasteiger partial charge in [0, 0.05) is 116 Å². The van der Waals surface area contributed by atoms with Crippen molar-refractivity contribution in [3.63, 3.8) is 0 Å². The Bertz CT molecular complexity index is 84.6. The number of carboxylic acid groups (broad SMARTS) is 2. The summed E-state index contributed by atoms with van der Waals surface area (Å²) in [5.74, 6) is -3.65. The fraction of sp³-hybridized carbons (Fsp3) is 0. The first-order chi connectivity index (χ1) is 2.64. The van der Waals surface area contributed by atoms with Crippen LogP contribution in [0.1, 0.15) is 0 Å². The summed E-state index contributed by atoms with van der Waals surface area (Å²) in [5, 5.41) is 14.8. The number of carboxylic acids is 2. The van der Waals surface area contributed by atoms with Crippen molar-refractivity contribution < 1.29 is 136 Å². The van der Waals surface area contributed by atoms with Gasteiger partial charge in [0.25, 0.3) is 0 Å². The predicted octanol–water partition coefficient (Wildman–Crippen LogP) is -0.844. The predicted molar refractivity (Wildman–Crippen MR) is 15.3 cm³/mol. The van der Waals surface area contributed by atoms with Gasteiger partial charge in [-0.15, -0.1) is 0 Å². The average molecular weight is 528 g/mol. The molecular weight excluding hydrogens is 526 g/mol. The Labute approximate surface area is 144 Å². The Hall–Kier alpha value is 2.80. The molecular formula is C2H2CeLaO4Tb. The molecule has 2 radical (unpaired) electrons. The maximum absolute atomic E-state index is 9.10. The van der Waals surface area contributed by atoms with E-state index in [0.29, 0.717) is 0 Å². The van der Waals surface area contributed by atoms with Crippen molar-refractivity contribution in [2.75, 3.05) is 0 Å².